The van der Waals surface area contributed by atoms with Crippen LogP contribution < -0.4 is 5.32 Å². The Morgan fingerprint density at radius 1 is 1.22 bits per heavy atom. The zero-order valence-corrected chi connectivity index (χ0v) is 12.6. The van der Waals surface area contributed by atoms with Crippen LogP contribution in [-0.4, -0.2) is 10.9 Å². The van der Waals surface area contributed by atoms with Gasteiger partial charge in [-0.3, -0.25) is 0 Å². The highest BCUT2D eigenvalue weighted by Gasteiger charge is 2.19. The van der Waals surface area contributed by atoms with Gasteiger partial charge in [0.2, 0.25) is 0 Å². The molecule has 114 valence electrons. The van der Waals surface area contributed by atoms with Gasteiger partial charge in [-0.2, -0.15) is 5.26 Å². The lowest BCUT2D eigenvalue weighted by atomic mass is 9.93. The molecule has 1 heterocycles. The highest BCUT2D eigenvalue weighted by atomic mass is 16.3. The number of amidine groups is 1. The molecular formula is C19H17N3O. The third-order valence-corrected chi connectivity index (χ3v) is 3.84. The van der Waals surface area contributed by atoms with Crippen LogP contribution in [0.5, 0.6) is 5.75 Å². The number of benzene rings is 2. The van der Waals surface area contributed by atoms with E-state index in [1.165, 1.54) is 11.6 Å². The molecule has 1 unspecified atom stereocenters. The molecule has 1 aliphatic rings. The molecule has 0 spiro atoms. The number of nitrogens with zero attached hydrogens (tertiary/aromatic N) is 2. The van der Waals surface area contributed by atoms with Crippen molar-refractivity contribution in [3.63, 3.8) is 0 Å². The molecule has 1 aliphatic heterocycles. The SMILES string of the molecule is N#Cc1ccc(NC2=NC=CCC2Cc2ccccc2)c(O)c1. The molecule has 0 fully saturated rings. The highest BCUT2D eigenvalue weighted by molar-refractivity contribution is 5.99. The summed E-state index contributed by atoms with van der Waals surface area (Å²) in [5.74, 6) is 1.12. The Kier molecular flexibility index (Phi) is 4.39. The van der Waals surface area contributed by atoms with Gasteiger partial charge < -0.3 is 10.4 Å². The van der Waals surface area contributed by atoms with Crippen LogP contribution in [0, 0.1) is 17.2 Å². The van der Waals surface area contributed by atoms with Crippen LogP contribution in [0.2, 0.25) is 0 Å². The Labute approximate surface area is 135 Å². The Hall–Kier alpha value is -3.06. The first-order valence-electron chi connectivity index (χ1n) is 7.53. The smallest absolute Gasteiger partial charge is 0.140 e. The average molecular weight is 303 g/mol. The number of aliphatic imine (C=N–C) groups is 1. The second kappa shape index (κ2) is 6.80. The van der Waals surface area contributed by atoms with Crippen molar-refractivity contribution in [1.29, 1.82) is 5.26 Å². The third-order valence-electron chi connectivity index (χ3n) is 3.84. The fraction of sp³-hybridized carbons (Fsp3) is 0.158. The summed E-state index contributed by atoms with van der Waals surface area (Å²) >= 11 is 0. The molecule has 0 aromatic heterocycles. The Balaban J connectivity index is 1.78. The second-order valence-electron chi connectivity index (χ2n) is 5.49. The summed E-state index contributed by atoms with van der Waals surface area (Å²) in [5.41, 5.74) is 2.25. The van der Waals surface area contributed by atoms with Crippen LogP contribution in [-0.2, 0) is 6.42 Å². The largest absolute Gasteiger partial charge is 0.506 e. The van der Waals surface area contributed by atoms with Gasteiger partial charge >= 0.3 is 0 Å². The first kappa shape index (κ1) is 14.9. The average Bonchev–Trinajstić information content (AvgIpc) is 2.59. The lowest BCUT2D eigenvalue weighted by Crippen LogP contribution is -2.26. The van der Waals surface area contributed by atoms with Crippen LogP contribution >= 0.6 is 0 Å². The molecule has 2 aromatic carbocycles. The van der Waals surface area contributed by atoms with Crippen LogP contribution in [0.15, 0.2) is 65.8 Å². The molecule has 2 N–H and O–H groups in total. The molecule has 1 atom stereocenters. The minimum atomic E-state index is 0.0553. The zero-order chi connectivity index (χ0) is 16.1. The standard InChI is InChI=1S/C19H17N3O/c20-13-15-8-9-17(18(23)12-15)22-19-16(7-4-10-21-19)11-14-5-2-1-3-6-14/h1-6,8-10,12,16,23H,7,11H2,(H,21,22). The monoisotopic (exact) mass is 303 g/mol. The van der Waals surface area contributed by atoms with Crippen LogP contribution in [0.25, 0.3) is 0 Å². The maximum Gasteiger partial charge on any atom is 0.140 e. The van der Waals surface area contributed by atoms with E-state index in [2.05, 4.69) is 28.5 Å². The fourth-order valence-electron chi connectivity index (χ4n) is 2.63. The van der Waals surface area contributed by atoms with Crippen molar-refractivity contribution in [3.8, 4) is 11.8 Å². The summed E-state index contributed by atoms with van der Waals surface area (Å²) in [7, 11) is 0. The number of aromatic hydroxyl groups is 1. The Morgan fingerprint density at radius 2 is 2.04 bits per heavy atom. The summed E-state index contributed by atoms with van der Waals surface area (Å²) in [6.07, 6.45) is 5.62. The van der Waals surface area contributed by atoms with E-state index in [9.17, 15) is 5.11 Å². The molecular weight excluding hydrogens is 286 g/mol. The van der Waals surface area contributed by atoms with Gasteiger partial charge in [0, 0.05) is 12.1 Å². The molecule has 0 radical (unpaired) electrons. The van der Waals surface area contributed by atoms with Gasteiger partial charge in [0.15, 0.2) is 0 Å². The van der Waals surface area contributed by atoms with E-state index in [0.717, 1.165) is 18.7 Å². The summed E-state index contributed by atoms with van der Waals surface area (Å²) in [6, 6.07) is 17.1. The van der Waals surface area contributed by atoms with Crippen molar-refractivity contribution < 1.29 is 5.11 Å². The van der Waals surface area contributed by atoms with Crippen molar-refractivity contribution >= 4 is 11.5 Å². The Morgan fingerprint density at radius 3 is 2.78 bits per heavy atom. The quantitative estimate of drug-likeness (QED) is 0.846. The van der Waals surface area contributed by atoms with Gasteiger partial charge in [0.05, 0.1) is 17.3 Å². The first-order chi connectivity index (χ1) is 11.3. The molecule has 0 saturated heterocycles. The topological polar surface area (TPSA) is 68.4 Å². The number of hydrogen-bond acceptors (Lipinski definition) is 4. The van der Waals surface area contributed by atoms with E-state index in [1.54, 1.807) is 18.3 Å². The number of phenolic OH excluding ortho intramolecular Hbond substituents is 1. The number of nitrogens with one attached hydrogen (secondary N) is 1. The molecule has 0 saturated carbocycles. The van der Waals surface area contributed by atoms with Crippen LogP contribution in [0.1, 0.15) is 17.5 Å². The molecule has 2 aromatic rings. The number of anilines is 1. The van der Waals surface area contributed by atoms with Gasteiger partial charge in [-0.1, -0.05) is 36.4 Å². The van der Waals surface area contributed by atoms with Gasteiger partial charge in [-0.15, -0.1) is 0 Å². The predicted octanol–water partition coefficient (Wildman–Crippen LogP) is 3.85. The molecule has 3 rings (SSSR count). The van der Waals surface area contributed by atoms with Gasteiger partial charge in [0.25, 0.3) is 0 Å². The lowest BCUT2D eigenvalue weighted by molar-refractivity contribution is 0.477. The molecule has 0 aliphatic carbocycles. The van der Waals surface area contributed by atoms with Gasteiger partial charge in [-0.05, 0) is 36.6 Å². The molecule has 4 heteroatoms. The van der Waals surface area contributed by atoms with Crippen molar-refractivity contribution in [3.05, 3.63) is 71.9 Å². The van der Waals surface area contributed by atoms with Crippen LogP contribution in [0.3, 0.4) is 0 Å². The van der Waals surface area contributed by atoms with E-state index in [4.69, 9.17) is 5.26 Å². The molecule has 23 heavy (non-hydrogen) atoms. The van der Waals surface area contributed by atoms with Gasteiger partial charge in [-0.25, -0.2) is 4.99 Å². The van der Waals surface area contributed by atoms with Crippen molar-refractivity contribution in [2.45, 2.75) is 12.8 Å². The highest BCUT2D eigenvalue weighted by Crippen LogP contribution is 2.27. The third kappa shape index (κ3) is 3.58. The Bertz CT molecular complexity index is 788. The van der Waals surface area contributed by atoms with Crippen molar-refractivity contribution in [2.75, 3.05) is 5.32 Å². The van der Waals surface area contributed by atoms with Crippen molar-refractivity contribution in [1.82, 2.24) is 0 Å². The van der Waals surface area contributed by atoms with E-state index in [-0.39, 0.29) is 11.7 Å². The predicted molar refractivity (Wildman–Crippen MR) is 91.3 cm³/mol. The van der Waals surface area contributed by atoms with E-state index < -0.39 is 0 Å². The van der Waals surface area contributed by atoms with E-state index in [0.29, 0.717) is 11.3 Å². The summed E-state index contributed by atoms with van der Waals surface area (Å²) in [6.45, 7) is 0. The first-order valence-corrected chi connectivity index (χ1v) is 7.53. The number of rotatable bonds is 3. The maximum absolute atomic E-state index is 10.0. The number of allylic oxidation sites excluding steroid dienone is 1. The molecule has 4 nitrogen and oxygen atoms in total. The van der Waals surface area contributed by atoms with Crippen molar-refractivity contribution in [2.24, 2.45) is 10.9 Å². The summed E-state index contributed by atoms with van der Waals surface area (Å²) < 4.78 is 0. The zero-order valence-electron chi connectivity index (χ0n) is 12.6. The number of hydrogen-bond donors (Lipinski definition) is 2. The number of phenols is 1. The van der Waals surface area contributed by atoms with E-state index >= 15 is 0 Å². The van der Waals surface area contributed by atoms with Crippen LogP contribution in [0.4, 0.5) is 5.69 Å². The minimum Gasteiger partial charge on any atom is -0.506 e. The lowest BCUT2D eigenvalue weighted by Gasteiger charge is -2.22. The number of nitriles is 1. The normalized spacial score (nSPS) is 16.5. The second-order valence-corrected chi connectivity index (χ2v) is 5.49. The summed E-state index contributed by atoms with van der Waals surface area (Å²) in [5, 5.41) is 22.1. The van der Waals surface area contributed by atoms with E-state index in [1.807, 2.05) is 24.3 Å². The molecule has 0 amide bonds. The summed E-state index contributed by atoms with van der Waals surface area (Å²) in [4.78, 5) is 4.43. The molecule has 0 bridgehead atoms. The fourth-order valence-corrected chi connectivity index (χ4v) is 2.63. The minimum absolute atomic E-state index is 0.0553. The van der Waals surface area contributed by atoms with Gasteiger partial charge in [0.1, 0.15) is 11.6 Å². The maximum atomic E-state index is 10.0.